The van der Waals surface area contributed by atoms with E-state index in [0.717, 1.165) is 36.8 Å². The fourth-order valence-electron chi connectivity index (χ4n) is 2.94. The SMILES string of the molecule is CC(=O)N/C(=C\c1ccccc1C)C(=O)NC1CCCCCC1. The van der Waals surface area contributed by atoms with E-state index in [9.17, 15) is 9.59 Å². The zero-order chi connectivity index (χ0) is 16.7. The standard InChI is InChI=1S/C19H26N2O2/c1-14-9-7-8-10-16(14)13-18(20-15(2)22)19(23)21-17-11-5-3-4-6-12-17/h7-10,13,17H,3-6,11-12H2,1-2H3,(H,20,22)(H,21,23)/b18-13-. The molecule has 4 heteroatoms. The van der Waals surface area contributed by atoms with Gasteiger partial charge in [0.25, 0.3) is 5.91 Å². The smallest absolute Gasteiger partial charge is 0.268 e. The molecule has 2 amide bonds. The summed E-state index contributed by atoms with van der Waals surface area (Å²) in [6, 6.07) is 8.01. The topological polar surface area (TPSA) is 58.2 Å². The third kappa shape index (κ3) is 5.55. The summed E-state index contributed by atoms with van der Waals surface area (Å²) >= 11 is 0. The van der Waals surface area contributed by atoms with Crippen molar-refractivity contribution in [1.82, 2.24) is 10.6 Å². The van der Waals surface area contributed by atoms with Crippen molar-refractivity contribution >= 4 is 17.9 Å². The van der Waals surface area contributed by atoms with Crippen LogP contribution in [-0.2, 0) is 9.59 Å². The second kappa shape index (κ2) is 8.51. The normalized spacial score (nSPS) is 16.5. The highest BCUT2D eigenvalue weighted by Crippen LogP contribution is 2.18. The Bertz CT molecular complexity index is 585. The van der Waals surface area contributed by atoms with E-state index in [1.165, 1.54) is 19.8 Å². The summed E-state index contributed by atoms with van der Waals surface area (Å²) in [6.07, 6.45) is 8.58. The number of benzene rings is 1. The summed E-state index contributed by atoms with van der Waals surface area (Å²) in [6.45, 7) is 3.41. The van der Waals surface area contributed by atoms with Crippen LogP contribution in [-0.4, -0.2) is 17.9 Å². The van der Waals surface area contributed by atoms with E-state index in [0.29, 0.717) is 5.70 Å². The molecule has 0 spiro atoms. The van der Waals surface area contributed by atoms with Gasteiger partial charge in [0.1, 0.15) is 5.70 Å². The lowest BCUT2D eigenvalue weighted by Gasteiger charge is -2.18. The molecular weight excluding hydrogens is 288 g/mol. The lowest BCUT2D eigenvalue weighted by Crippen LogP contribution is -2.39. The van der Waals surface area contributed by atoms with Gasteiger partial charge in [0, 0.05) is 13.0 Å². The van der Waals surface area contributed by atoms with Crippen molar-refractivity contribution in [3.8, 4) is 0 Å². The summed E-state index contributed by atoms with van der Waals surface area (Å²) < 4.78 is 0. The Morgan fingerprint density at radius 3 is 2.35 bits per heavy atom. The second-order valence-corrected chi connectivity index (χ2v) is 6.26. The third-order valence-electron chi connectivity index (χ3n) is 4.23. The average Bonchev–Trinajstić information content (AvgIpc) is 2.77. The number of amides is 2. The van der Waals surface area contributed by atoms with Gasteiger partial charge < -0.3 is 10.6 Å². The molecule has 0 unspecified atom stereocenters. The van der Waals surface area contributed by atoms with E-state index in [2.05, 4.69) is 10.6 Å². The summed E-state index contributed by atoms with van der Waals surface area (Å²) in [7, 11) is 0. The van der Waals surface area contributed by atoms with Crippen molar-refractivity contribution < 1.29 is 9.59 Å². The summed E-state index contributed by atoms with van der Waals surface area (Å²) in [4.78, 5) is 24.0. The van der Waals surface area contributed by atoms with Gasteiger partial charge in [0.05, 0.1) is 0 Å². The van der Waals surface area contributed by atoms with Crippen LogP contribution in [0, 0.1) is 6.92 Å². The minimum Gasteiger partial charge on any atom is -0.348 e. The Morgan fingerprint density at radius 1 is 1.09 bits per heavy atom. The molecule has 0 aromatic heterocycles. The molecule has 1 aromatic rings. The predicted molar refractivity (Wildman–Crippen MR) is 92.6 cm³/mol. The molecule has 0 radical (unpaired) electrons. The molecular formula is C19H26N2O2. The lowest BCUT2D eigenvalue weighted by atomic mass is 10.1. The van der Waals surface area contributed by atoms with Crippen molar-refractivity contribution in [2.24, 2.45) is 0 Å². The van der Waals surface area contributed by atoms with Gasteiger partial charge in [-0.1, -0.05) is 49.9 Å². The summed E-state index contributed by atoms with van der Waals surface area (Å²) in [5.74, 6) is -0.434. The Labute approximate surface area is 138 Å². The highest BCUT2D eigenvalue weighted by molar-refractivity contribution is 6.01. The van der Waals surface area contributed by atoms with E-state index >= 15 is 0 Å². The van der Waals surface area contributed by atoms with Crippen molar-refractivity contribution in [2.75, 3.05) is 0 Å². The Balaban J connectivity index is 2.15. The molecule has 1 aromatic carbocycles. The molecule has 4 nitrogen and oxygen atoms in total. The minimum absolute atomic E-state index is 0.199. The quantitative estimate of drug-likeness (QED) is 0.661. The number of carbonyl (C=O) groups is 2. The van der Waals surface area contributed by atoms with Gasteiger partial charge in [-0.15, -0.1) is 0 Å². The molecule has 124 valence electrons. The van der Waals surface area contributed by atoms with Gasteiger partial charge in [0.2, 0.25) is 5.91 Å². The molecule has 0 aliphatic heterocycles. The molecule has 1 aliphatic carbocycles. The highest BCUT2D eigenvalue weighted by atomic mass is 16.2. The number of hydrogen-bond donors (Lipinski definition) is 2. The van der Waals surface area contributed by atoms with Gasteiger partial charge >= 0.3 is 0 Å². The number of carbonyl (C=O) groups excluding carboxylic acids is 2. The van der Waals surface area contributed by atoms with E-state index in [1.807, 2.05) is 31.2 Å². The van der Waals surface area contributed by atoms with Crippen LogP contribution in [0.4, 0.5) is 0 Å². The fraction of sp³-hybridized carbons (Fsp3) is 0.474. The average molecular weight is 314 g/mol. The van der Waals surface area contributed by atoms with Gasteiger partial charge in [-0.2, -0.15) is 0 Å². The van der Waals surface area contributed by atoms with E-state index in [4.69, 9.17) is 0 Å². The Kier molecular flexibility index (Phi) is 6.39. The second-order valence-electron chi connectivity index (χ2n) is 6.26. The van der Waals surface area contributed by atoms with Crippen molar-refractivity contribution in [1.29, 1.82) is 0 Å². The van der Waals surface area contributed by atoms with Crippen molar-refractivity contribution in [2.45, 2.75) is 58.4 Å². The molecule has 1 saturated carbocycles. The first-order valence-corrected chi connectivity index (χ1v) is 8.42. The van der Waals surface area contributed by atoms with E-state index in [1.54, 1.807) is 6.08 Å². The number of aryl methyl sites for hydroxylation is 1. The highest BCUT2D eigenvalue weighted by Gasteiger charge is 2.18. The first kappa shape index (κ1) is 17.3. The molecule has 2 rings (SSSR count). The third-order valence-corrected chi connectivity index (χ3v) is 4.23. The first-order valence-electron chi connectivity index (χ1n) is 8.42. The fourth-order valence-corrected chi connectivity index (χ4v) is 2.94. The van der Waals surface area contributed by atoms with Crippen LogP contribution in [0.3, 0.4) is 0 Å². The van der Waals surface area contributed by atoms with Gasteiger partial charge in [-0.05, 0) is 37.0 Å². The molecule has 23 heavy (non-hydrogen) atoms. The number of nitrogens with one attached hydrogen (secondary N) is 2. The van der Waals surface area contributed by atoms with Gasteiger partial charge in [0.15, 0.2) is 0 Å². The van der Waals surface area contributed by atoms with Gasteiger partial charge in [-0.3, -0.25) is 9.59 Å². The largest absolute Gasteiger partial charge is 0.348 e. The first-order chi connectivity index (χ1) is 11.1. The monoisotopic (exact) mass is 314 g/mol. The Morgan fingerprint density at radius 2 is 1.74 bits per heavy atom. The molecule has 1 aliphatic rings. The van der Waals surface area contributed by atoms with Crippen LogP contribution in [0.5, 0.6) is 0 Å². The van der Waals surface area contributed by atoms with Crippen LogP contribution >= 0.6 is 0 Å². The molecule has 0 bridgehead atoms. The van der Waals surface area contributed by atoms with Crippen LogP contribution in [0.2, 0.25) is 0 Å². The molecule has 2 N–H and O–H groups in total. The maximum atomic E-state index is 12.6. The summed E-state index contributed by atoms with van der Waals surface area (Å²) in [5.41, 5.74) is 2.32. The van der Waals surface area contributed by atoms with Crippen LogP contribution in [0.25, 0.3) is 6.08 Å². The number of hydrogen-bond acceptors (Lipinski definition) is 2. The van der Waals surface area contributed by atoms with E-state index < -0.39 is 0 Å². The maximum Gasteiger partial charge on any atom is 0.268 e. The molecule has 0 saturated heterocycles. The Hall–Kier alpha value is -2.10. The van der Waals surface area contributed by atoms with E-state index in [-0.39, 0.29) is 17.9 Å². The van der Waals surface area contributed by atoms with Gasteiger partial charge in [-0.25, -0.2) is 0 Å². The van der Waals surface area contributed by atoms with Crippen LogP contribution < -0.4 is 10.6 Å². The van der Waals surface area contributed by atoms with Crippen LogP contribution in [0.1, 0.15) is 56.6 Å². The van der Waals surface area contributed by atoms with Crippen molar-refractivity contribution in [3.63, 3.8) is 0 Å². The van der Waals surface area contributed by atoms with Crippen LogP contribution in [0.15, 0.2) is 30.0 Å². The summed E-state index contributed by atoms with van der Waals surface area (Å²) in [5, 5.41) is 5.75. The lowest BCUT2D eigenvalue weighted by molar-refractivity contribution is -0.122. The zero-order valence-corrected chi connectivity index (χ0v) is 14.0. The predicted octanol–water partition coefficient (Wildman–Crippen LogP) is 3.31. The van der Waals surface area contributed by atoms with Crippen molar-refractivity contribution in [3.05, 3.63) is 41.1 Å². The molecule has 1 fully saturated rings. The number of rotatable bonds is 4. The maximum absolute atomic E-state index is 12.6. The molecule has 0 heterocycles. The minimum atomic E-state index is -0.235. The zero-order valence-electron chi connectivity index (χ0n) is 14.0. The molecule has 0 atom stereocenters.